The molecule has 0 saturated carbocycles. The number of likely N-dealkylation sites (tertiary alicyclic amines) is 2. The molecular formula is C21H24F2N4O3. The molecule has 0 unspecified atom stereocenters. The van der Waals surface area contributed by atoms with Crippen molar-refractivity contribution in [2.45, 2.75) is 44.3 Å². The van der Waals surface area contributed by atoms with Gasteiger partial charge in [-0.15, -0.1) is 0 Å². The van der Waals surface area contributed by atoms with Gasteiger partial charge in [-0.2, -0.15) is 0 Å². The van der Waals surface area contributed by atoms with Crippen molar-refractivity contribution in [2.75, 3.05) is 19.6 Å². The number of benzene rings is 1. The minimum absolute atomic E-state index is 0.000194. The van der Waals surface area contributed by atoms with E-state index in [1.807, 2.05) is 31.2 Å². The number of aliphatic hydroxyl groups excluding tert-OH is 1. The van der Waals surface area contributed by atoms with Crippen molar-refractivity contribution in [1.82, 2.24) is 19.8 Å². The Balaban J connectivity index is 1.50. The lowest BCUT2D eigenvalue weighted by Crippen LogP contribution is -2.50. The van der Waals surface area contributed by atoms with E-state index >= 15 is 0 Å². The summed E-state index contributed by atoms with van der Waals surface area (Å²) >= 11 is 0. The highest BCUT2D eigenvalue weighted by Gasteiger charge is 2.43. The first-order valence-corrected chi connectivity index (χ1v) is 10.0. The molecule has 0 aliphatic carbocycles. The standard InChI is InChI=1S/C21H24F2N4O3/c1-13-2-4-14(5-3-13)16-11-24-18(25-16)17-10-15(28)12-27(17)20(30)19(29)26-8-6-21(22,23)7-9-26/h2-5,11,15,17,28H,6-10,12H2,1H3,(H,24,25)/t15-,17+/m1/s1. The second kappa shape index (κ2) is 7.79. The van der Waals surface area contributed by atoms with Crippen molar-refractivity contribution in [2.24, 2.45) is 0 Å². The molecule has 7 nitrogen and oxygen atoms in total. The molecule has 2 atom stereocenters. The molecule has 2 N–H and O–H groups in total. The van der Waals surface area contributed by atoms with Crippen molar-refractivity contribution in [1.29, 1.82) is 0 Å². The number of carbonyl (C=O) groups is 2. The highest BCUT2D eigenvalue weighted by Crippen LogP contribution is 2.33. The highest BCUT2D eigenvalue weighted by atomic mass is 19.3. The third-order valence-corrected chi connectivity index (χ3v) is 5.77. The number of amides is 2. The Labute approximate surface area is 172 Å². The zero-order chi connectivity index (χ0) is 21.5. The van der Waals surface area contributed by atoms with E-state index in [9.17, 15) is 23.5 Å². The number of rotatable bonds is 2. The number of hydrogen-bond donors (Lipinski definition) is 2. The normalized spacial score (nSPS) is 23.6. The number of β-amino-alcohol motifs (C(OH)–C–C–N with tert-alkyl or cyclic N) is 1. The zero-order valence-corrected chi connectivity index (χ0v) is 16.6. The van der Waals surface area contributed by atoms with Crippen LogP contribution < -0.4 is 0 Å². The number of piperidine rings is 1. The third-order valence-electron chi connectivity index (χ3n) is 5.77. The van der Waals surface area contributed by atoms with Crippen molar-refractivity contribution in [3.8, 4) is 11.3 Å². The summed E-state index contributed by atoms with van der Waals surface area (Å²) in [4.78, 5) is 35.5. The van der Waals surface area contributed by atoms with Gasteiger partial charge in [0.2, 0.25) is 0 Å². The molecule has 1 aromatic carbocycles. The van der Waals surface area contributed by atoms with Gasteiger partial charge in [-0.25, -0.2) is 13.8 Å². The minimum atomic E-state index is -2.80. The van der Waals surface area contributed by atoms with E-state index in [4.69, 9.17) is 0 Å². The molecular weight excluding hydrogens is 394 g/mol. The summed E-state index contributed by atoms with van der Waals surface area (Å²) in [5.74, 6) is -3.93. The van der Waals surface area contributed by atoms with Crippen molar-refractivity contribution < 1.29 is 23.5 Å². The summed E-state index contributed by atoms with van der Waals surface area (Å²) in [5.41, 5.74) is 2.73. The predicted octanol–water partition coefficient (Wildman–Crippen LogP) is 2.28. The monoisotopic (exact) mass is 418 g/mol. The lowest BCUT2D eigenvalue weighted by molar-refractivity contribution is -0.156. The number of halogens is 2. The van der Waals surface area contributed by atoms with Crippen LogP contribution in [0.25, 0.3) is 11.3 Å². The van der Waals surface area contributed by atoms with E-state index in [0.717, 1.165) is 11.1 Å². The molecule has 3 heterocycles. The van der Waals surface area contributed by atoms with Gasteiger partial charge in [-0.3, -0.25) is 9.59 Å². The van der Waals surface area contributed by atoms with E-state index in [1.165, 1.54) is 9.80 Å². The van der Waals surface area contributed by atoms with Crippen molar-refractivity contribution in [3.63, 3.8) is 0 Å². The second-order valence-corrected chi connectivity index (χ2v) is 8.05. The van der Waals surface area contributed by atoms with Gasteiger partial charge >= 0.3 is 11.8 Å². The molecule has 0 bridgehead atoms. The number of aliphatic hydroxyl groups is 1. The summed E-state index contributed by atoms with van der Waals surface area (Å²) in [6.07, 6.45) is 0.289. The molecule has 2 amide bonds. The van der Waals surface area contributed by atoms with Gasteiger partial charge in [-0.1, -0.05) is 29.8 Å². The van der Waals surface area contributed by atoms with Crippen LogP contribution in [0.2, 0.25) is 0 Å². The Morgan fingerprint density at radius 2 is 1.83 bits per heavy atom. The van der Waals surface area contributed by atoms with Crippen molar-refractivity contribution >= 4 is 11.8 Å². The maximum atomic E-state index is 13.4. The number of H-pyrrole nitrogens is 1. The first-order valence-electron chi connectivity index (χ1n) is 10.0. The Kier molecular flexibility index (Phi) is 5.31. The molecule has 0 radical (unpaired) electrons. The molecule has 4 rings (SSSR count). The van der Waals surface area contributed by atoms with E-state index in [-0.39, 0.29) is 26.1 Å². The van der Waals surface area contributed by atoms with Crippen LogP contribution in [0.1, 0.15) is 36.7 Å². The summed E-state index contributed by atoms with van der Waals surface area (Å²) < 4.78 is 26.7. The van der Waals surface area contributed by atoms with Gasteiger partial charge in [0.25, 0.3) is 5.92 Å². The van der Waals surface area contributed by atoms with Crippen LogP contribution >= 0.6 is 0 Å². The number of aryl methyl sites for hydroxylation is 1. The number of nitrogens with zero attached hydrogens (tertiary/aromatic N) is 3. The van der Waals surface area contributed by atoms with Gasteiger partial charge in [0.15, 0.2) is 0 Å². The molecule has 2 saturated heterocycles. The van der Waals surface area contributed by atoms with E-state index < -0.39 is 42.7 Å². The molecule has 160 valence electrons. The van der Waals surface area contributed by atoms with Gasteiger partial charge in [0.1, 0.15) is 5.82 Å². The largest absolute Gasteiger partial charge is 0.391 e. The number of aromatic nitrogens is 2. The summed E-state index contributed by atoms with van der Waals surface area (Å²) in [6, 6.07) is 7.25. The van der Waals surface area contributed by atoms with Crippen LogP contribution in [0, 0.1) is 6.92 Å². The topological polar surface area (TPSA) is 89.5 Å². The molecule has 2 fully saturated rings. The van der Waals surface area contributed by atoms with Gasteiger partial charge in [0, 0.05) is 50.7 Å². The van der Waals surface area contributed by atoms with Gasteiger partial charge in [0.05, 0.1) is 17.8 Å². The average Bonchev–Trinajstić information content (AvgIpc) is 3.34. The maximum Gasteiger partial charge on any atom is 0.312 e. The Morgan fingerprint density at radius 1 is 1.17 bits per heavy atom. The lowest BCUT2D eigenvalue weighted by Gasteiger charge is -2.33. The zero-order valence-electron chi connectivity index (χ0n) is 16.6. The van der Waals surface area contributed by atoms with Gasteiger partial charge < -0.3 is 19.9 Å². The number of hydrogen-bond acceptors (Lipinski definition) is 4. The summed E-state index contributed by atoms with van der Waals surface area (Å²) in [5, 5.41) is 10.1. The first kappa shape index (κ1) is 20.5. The molecule has 2 aromatic rings. The number of nitrogens with one attached hydrogen (secondary N) is 1. The highest BCUT2D eigenvalue weighted by molar-refractivity contribution is 6.35. The van der Waals surface area contributed by atoms with E-state index in [0.29, 0.717) is 11.5 Å². The fraction of sp³-hybridized carbons (Fsp3) is 0.476. The SMILES string of the molecule is Cc1ccc(-c2c[nH]c([C@@H]3C[C@@H](O)CN3C(=O)C(=O)N3CCC(F)(F)CC3)n2)cc1. The van der Waals surface area contributed by atoms with Crippen LogP contribution in [-0.4, -0.2) is 68.3 Å². The molecule has 2 aliphatic heterocycles. The molecule has 9 heteroatoms. The van der Waals surface area contributed by atoms with Crippen LogP contribution in [0.15, 0.2) is 30.5 Å². The predicted molar refractivity (Wildman–Crippen MR) is 105 cm³/mol. The first-order chi connectivity index (χ1) is 14.2. The number of carbonyl (C=O) groups excluding carboxylic acids is 2. The Bertz CT molecular complexity index is 934. The fourth-order valence-electron chi connectivity index (χ4n) is 3.97. The lowest BCUT2D eigenvalue weighted by atomic mass is 10.1. The second-order valence-electron chi connectivity index (χ2n) is 8.05. The third kappa shape index (κ3) is 4.07. The van der Waals surface area contributed by atoms with E-state index in [1.54, 1.807) is 6.20 Å². The number of aromatic amines is 1. The average molecular weight is 418 g/mol. The minimum Gasteiger partial charge on any atom is -0.391 e. The maximum absolute atomic E-state index is 13.4. The molecule has 1 aromatic heterocycles. The Hall–Kier alpha value is -2.81. The van der Waals surface area contributed by atoms with Crippen molar-refractivity contribution in [3.05, 3.63) is 41.9 Å². The van der Waals surface area contributed by atoms with Crippen LogP contribution in [0.3, 0.4) is 0 Å². The smallest absolute Gasteiger partial charge is 0.312 e. The fourth-order valence-corrected chi connectivity index (χ4v) is 3.97. The summed E-state index contributed by atoms with van der Waals surface area (Å²) in [6.45, 7) is 1.68. The van der Waals surface area contributed by atoms with Crippen LogP contribution in [0.5, 0.6) is 0 Å². The van der Waals surface area contributed by atoms with E-state index in [2.05, 4.69) is 9.97 Å². The molecule has 30 heavy (non-hydrogen) atoms. The molecule has 0 spiro atoms. The number of alkyl halides is 2. The number of imidazole rings is 1. The van der Waals surface area contributed by atoms with Crippen LogP contribution in [-0.2, 0) is 9.59 Å². The quantitative estimate of drug-likeness (QED) is 0.733. The van der Waals surface area contributed by atoms with Crippen LogP contribution in [0.4, 0.5) is 8.78 Å². The van der Waals surface area contributed by atoms with Gasteiger partial charge in [-0.05, 0) is 6.92 Å². The summed E-state index contributed by atoms with van der Waals surface area (Å²) in [7, 11) is 0. The molecule has 2 aliphatic rings. The Morgan fingerprint density at radius 3 is 2.50 bits per heavy atom.